The van der Waals surface area contributed by atoms with Crippen LogP contribution in [0.3, 0.4) is 0 Å². The number of anilines is 1. The predicted octanol–water partition coefficient (Wildman–Crippen LogP) is 4.72. The maximum absolute atomic E-state index is 13.8. The molecule has 8 heteroatoms. The smallest absolute Gasteiger partial charge is 0.317 e. The largest absolute Gasteiger partial charge is 0.457 e. The molecule has 4 aromatic rings. The molecule has 0 unspecified atom stereocenters. The second-order valence-corrected chi connectivity index (χ2v) is 5.92. The van der Waals surface area contributed by atoms with Gasteiger partial charge >= 0.3 is 5.69 Å². The number of ether oxygens (including phenoxy) is 1. The monoisotopic (exact) mass is 376 g/mol. The molecule has 0 fully saturated rings. The molecule has 2 N–H and O–H groups in total. The number of nitrogens with two attached hydrogens (primary N) is 1. The number of fused-ring (bicyclic) bond motifs is 1. The number of hydrogen-bond donors (Lipinski definition) is 1. The molecule has 3 aromatic carbocycles. The quantitative estimate of drug-likeness (QED) is 0.408. The van der Waals surface area contributed by atoms with E-state index in [-0.39, 0.29) is 22.5 Å². The Balaban J connectivity index is 1.71. The molecular formula is C20H13FN4O3. The molecule has 0 saturated heterocycles. The third kappa shape index (κ3) is 3.18. The lowest BCUT2D eigenvalue weighted by Gasteiger charge is -2.08. The standard InChI is InChI=1S/C20H13FN4O3/c21-15-10-11-16-17(18(15)25(26)27)19(22)24-20(23-16)12-6-8-14(9-7-12)28-13-4-2-1-3-5-13/h1-11H,(H2,22,23,24). The normalized spacial score (nSPS) is 10.8. The van der Waals surface area contributed by atoms with Crippen LogP contribution in [0.15, 0.2) is 66.7 Å². The number of nitro groups is 1. The first-order valence-corrected chi connectivity index (χ1v) is 8.26. The van der Waals surface area contributed by atoms with Gasteiger partial charge in [0, 0.05) is 5.56 Å². The van der Waals surface area contributed by atoms with E-state index < -0.39 is 16.4 Å². The summed E-state index contributed by atoms with van der Waals surface area (Å²) in [7, 11) is 0. The Labute approximate surface area is 158 Å². The number of nitro benzene ring substituents is 1. The van der Waals surface area contributed by atoms with Crippen LogP contribution in [-0.4, -0.2) is 14.9 Å². The molecule has 1 heterocycles. The average molecular weight is 376 g/mol. The highest BCUT2D eigenvalue weighted by molar-refractivity contribution is 5.97. The first-order valence-electron chi connectivity index (χ1n) is 8.26. The number of nitrogen functional groups attached to an aromatic ring is 1. The van der Waals surface area contributed by atoms with Gasteiger partial charge in [0.05, 0.1) is 10.4 Å². The number of aromatic nitrogens is 2. The van der Waals surface area contributed by atoms with Crippen LogP contribution >= 0.6 is 0 Å². The van der Waals surface area contributed by atoms with Gasteiger partial charge in [0.2, 0.25) is 5.82 Å². The summed E-state index contributed by atoms with van der Waals surface area (Å²) in [5, 5.41) is 11.1. The third-order valence-corrected chi connectivity index (χ3v) is 4.09. The van der Waals surface area contributed by atoms with Crippen LogP contribution in [0.2, 0.25) is 0 Å². The van der Waals surface area contributed by atoms with Gasteiger partial charge in [-0.3, -0.25) is 10.1 Å². The van der Waals surface area contributed by atoms with Gasteiger partial charge in [-0.1, -0.05) is 18.2 Å². The van der Waals surface area contributed by atoms with Crippen LogP contribution in [0.1, 0.15) is 0 Å². The molecule has 0 aliphatic carbocycles. The Morgan fingerprint density at radius 3 is 2.29 bits per heavy atom. The number of nitrogens with zero attached hydrogens (tertiary/aromatic N) is 3. The second kappa shape index (κ2) is 6.92. The Kier molecular flexibility index (Phi) is 4.29. The van der Waals surface area contributed by atoms with Crippen LogP contribution < -0.4 is 10.5 Å². The topological polar surface area (TPSA) is 104 Å². The Morgan fingerprint density at radius 1 is 0.929 bits per heavy atom. The minimum Gasteiger partial charge on any atom is -0.457 e. The van der Waals surface area contributed by atoms with Crippen molar-refractivity contribution in [1.29, 1.82) is 0 Å². The third-order valence-electron chi connectivity index (χ3n) is 4.09. The fraction of sp³-hybridized carbons (Fsp3) is 0. The van der Waals surface area contributed by atoms with E-state index in [2.05, 4.69) is 9.97 Å². The van der Waals surface area contributed by atoms with Crippen molar-refractivity contribution < 1.29 is 14.1 Å². The van der Waals surface area contributed by atoms with Crippen molar-refractivity contribution >= 4 is 22.4 Å². The fourth-order valence-corrected chi connectivity index (χ4v) is 2.81. The summed E-state index contributed by atoms with van der Waals surface area (Å²) >= 11 is 0. The maximum Gasteiger partial charge on any atom is 0.317 e. The van der Waals surface area contributed by atoms with Crippen LogP contribution in [-0.2, 0) is 0 Å². The van der Waals surface area contributed by atoms with Gasteiger partial charge in [-0.15, -0.1) is 0 Å². The molecule has 28 heavy (non-hydrogen) atoms. The summed E-state index contributed by atoms with van der Waals surface area (Å²) < 4.78 is 19.6. The van der Waals surface area contributed by atoms with E-state index in [0.717, 1.165) is 6.07 Å². The Bertz CT molecular complexity index is 1180. The second-order valence-electron chi connectivity index (χ2n) is 5.92. The molecule has 1 aromatic heterocycles. The summed E-state index contributed by atoms with van der Waals surface area (Å²) in [6, 6.07) is 18.6. The molecule has 0 aliphatic heterocycles. The van der Waals surface area contributed by atoms with Crippen LogP contribution in [0, 0.1) is 15.9 Å². The van der Waals surface area contributed by atoms with E-state index in [0.29, 0.717) is 17.1 Å². The molecule has 0 aliphatic rings. The summed E-state index contributed by atoms with van der Waals surface area (Å²) in [5.41, 5.74) is 5.99. The zero-order chi connectivity index (χ0) is 19.7. The van der Waals surface area contributed by atoms with Crippen molar-refractivity contribution in [2.24, 2.45) is 0 Å². The van der Waals surface area contributed by atoms with Gasteiger partial charge in [-0.05, 0) is 48.5 Å². The summed E-state index contributed by atoms with van der Waals surface area (Å²) in [6.07, 6.45) is 0. The van der Waals surface area contributed by atoms with Crippen molar-refractivity contribution in [2.75, 3.05) is 5.73 Å². The number of hydrogen-bond acceptors (Lipinski definition) is 6. The van der Waals surface area contributed by atoms with Crippen molar-refractivity contribution in [1.82, 2.24) is 9.97 Å². The van der Waals surface area contributed by atoms with Crippen molar-refractivity contribution in [2.45, 2.75) is 0 Å². The summed E-state index contributed by atoms with van der Waals surface area (Å²) in [5.74, 6) is 0.466. The van der Waals surface area contributed by atoms with Gasteiger partial charge in [0.1, 0.15) is 22.7 Å². The highest BCUT2D eigenvalue weighted by Crippen LogP contribution is 2.33. The van der Waals surface area contributed by atoms with E-state index in [1.807, 2.05) is 30.3 Å². The van der Waals surface area contributed by atoms with Crippen LogP contribution in [0.5, 0.6) is 11.5 Å². The van der Waals surface area contributed by atoms with E-state index >= 15 is 0 Å². The predicted molar refractivity (Wildman–Crippen MR) is 103 cm³/mol. The molecule has 7 nitrogen and oxygen atoms in total. The molecule has 0 amide bonds. The first-order chi connectivity index (χ1) is 13.5. The number of halogens is 1. The number of benzene rings is 3. The molecule has 0 atom stereocenters. The number of para-hydroxylation sites is 1. The SMILES string of the molecule is Nc1nc(-c2ccc(Oc3ccccc3)cc2)nc2ccc(F)c([N+](=O)[O-])c12. The van der Waals surface area contributed by atoms with E-state index in [1.165, 1.54) is 6.07 Å². The molecule has 0 radical (unpaired) electrons. The Morgan fingerprint density at radius 2 is 1.61 bits per heavy atom. The van der Waals surface area contributed by atoms with Gasteiger partial charge in [-0.25, -0.2) is 9.97 Å². The first kappa shape index (κ1) is 17.3. The van der Waals surface area contributed by atoms with Crippen LogP contribution in [0.4, 0.5) is 15.9 Å². The van der Waals surface area contributed by atoms with E-state index in [4.69, 9.17) is 10.5 Å². The van der Waals surface area contributed by atoms with Gasteiger partial charge < -0.3 is 10.5 Å². The van der Waals surface area contributed by atoms with Crippen LogP contribution in [0.25, 0.3) is 22.3 Å². The molecular weight excluding hydrogens is 363 g/mol. The maximum atomic E-state index is 13.8. The summed E-state index contributed by atoms with van der Waals surface area (Å²) in [4.78, 5) is 18.8. The minimum absolute atomic E-state index is 0.113. The zero-order valence-corrected chi connectivity index (χ0v) is 14.4. The summed E-state index contributed by atoms with van der Waals surface area (Å²) in [6.45, 7) is 0. The van der Waals surface area contributed by atoms with Gasteiger partial charge in [-0.2, -0.15) is 4.39 Å². The van der Waals surface area contributed by atoms with E-state index in [9.17, 15) is 14.5 Å². The minimum atomic E-state index is -0.983. The lowest BCUT2D eigenvalue weighted by Crippen LogP contribution is -2.02. The van der Waals surface area contributed by atoms with E-state index in [1.54, 1.807) is 24.3 Å². The molecule has 0 saturated carbocycles. The Hall–Kier alpha value is -4.07. The zero-order valence-electron chi connectivity index (χ0n) is 14.4. The molecule has 0 bridgehead atoms. The van der Waals surface area contributed by atoms with Crippen molar-refractivity contribution in [3.8, 4) is 22.9 Å². The number of rotatable bonds is 4. The average Bonchev–Trinajstić information content (AvgIpc) is 2.69. The van der Waals surface area contributed by atoms with Gasteiger partial charge in [0.15, 0.2) is 5.82 Å². The van der Waals surface area contributed by atoms with Crippen molar-refractivity contribution in [3.63, 3.8) is 0 Å². The van der Waals surface area contributed by atoms with Gasteiger partial charge in [0.25, 0.3) is 0 Å². The molecule has 0 spiro atoms. The lowest BCUT2D eigenvalue weighted by molar-refractivity contribution is -0.385. The highest BCUT2D eigenvalue weighted by Gasteiger charge is 2.23. The molecule has 4 rings (SSSR count). The fourth-order valence-electron chi connectivity index (χ4n) is 2.81. The highest BCUT2D eigenvalue weighted by atomic mass is 19.1. The van der Waals surface area contributed by atoms with Crippen molar-refractivity contribution in [3.05, 3.63) is 82.7 Å². The molecule has 138 valence electrons. The lowest BCUT2D eigenvalue weighted by atomic mass is 10.1.